The van der Waals surface area contributed by atoms with Crippen molar-refractivity contribution in [2.24, 2.45) is 5.41 Å². The van der Waals surface area contributed by atoms with Gasteiger partial charge in [0.05, 0.1) is 0 Å². The number of nitrogens with one attached hydrogen (secondary N) is 1. The predicted molar refractivity (Wildman–Crippen MR) is 83.5 cm³/mol. The maximum atomic E-state index is 13.9. The second kappa shape index (κ2) is 6.26. The molecule has 1 aliphatic carbocycles. The molecule has 1 nitrogen and oxygen atoms in total. The number of halogens is 1. The minimum Gasteiger partial charge on any atom is -0.309 e. The third kappa shape index (κ3) is 3.06. The summed E-state index contributed by atoms with van der Waals surface area (Å²) in [6.07, 6.45) is 6.30. The molecule has 0 saturated heterocycles. The summed E-state index contributed by atoms with van der Waals surface area (Å²) in [5.41, 5.74) is 3.11. The molecule has 1 N–H and O–H groups in total. The molecule has 0 amide bonds. The zero-order chi connectivity index (χ0) is 14.8. The lowest BCUT2D eigenvalue weighted by Crippen LogP contribution is -2.35. The topological polar surface area (TPSA) is 12.0 Å². The van der Waals surface area contributed by atoms with Crippen LogP contribution in [0.15, 0.2) is 12.1 Å². The molecule has 0 heterocycles. The number of hydrogen-bond acceptors (Lipinski definition) is 1. The van der Waals surface area contributed by atoms with Crippen LogP contribution in [-0.2, 0) is 0 Å². The molecule has 1 fully saturated rings. The van der Waals surface area contributed by atoms with Crippen LogP contribution in [0.5, 0.6) is 0 Å². The van der Waals surface area contributed by atoms with Crippen molar-refractivity contribution in [1.29, 1.82) is 0 Å². The SMILES string of the molecule is CCCNC(c1cc(C)c(F)c(C)c1)C1(C)CCCC1. The van der Waals surface area contributed by atoms with Crippen LogP contribution in [0.25, 0.3) is 0 Å². The highest BCUT2D eigenvalue weighted by Gasteiger charge is 2.37. The average molecular weight is 277 g/mol. The molecule has 1 unspecified atom stereocenters. The monoisotopic (exact) mass is 277 g/mol. The van der Waals surface area contributed by atoms with E-state index < -0.39 is 0 Å². The summed E-state index contributed by atoms with van der Waals surface area (Å²) in [7, 11) is 0. The van der Waals surface area contributed by atoms with Gasteiger partial charge in [0.1, 0.15) is 5.82 Å². The molecule has 1 aliphatic rings. The molecular weight excluding hydrogens is 249 g/mol. The third-order valence-electron chi connectivity index (χ3n) is 4.83. The molecule has 0 spiro atoms. The Morgan fingerprint density at radius 2 is 1.75 bits per heavy atom. The molecule has 20 heavy (non-hydrogen) atoms. The Balaban J connectivity index is 2.35. The maximum Gasteiger partial charge on any atom is 0.129 e. The maximum absolute atomic E-state index is 13.9. The van der Waals surface area contributed by atoms with E-state index >= 15 is 0 Å². The highest BCUT2D eigenvalue weighted by Crippen LogP contribution is 2.47. The van der Waals surface area contributed by atoms with Gasteiger partial charge in [0, 0.05) is 6.04 Å². The van der Waals surface area contributed by atoms with Crippen LogP contribution in [0.3, 0.4) is 0 Å². The van der Waals surface area contributed by atoms with Crippen molar-refractivity contribution < 1.29 is 4.39 Å². The number of aryl methyl sites for hydroxylation is 2. The first-order valence-corrected chi connectivity index (χ1v) is 7.98. The lowest BCUT2D eigenvalue weighted by Gasteiger charge is -2.36. The fraction of sp³-hybridized carbons (Fsp3) is 0.667. The first-order chi connectivity index (χ1) is 9.48. The second-order valence-corrected chi connectivity index (χ2v) is 6.72. The van der Waals surface area contributed by atoms with Crippen LogP contribution in [-0.4, -0.2) is 6.54 Å². The third-order valence-corrected chi connectivity index (χ3v) is 4.83. The van der Waals surface area contributed by atoms with Crippen LogP contribution >= 0.6 is 0 Å². The van der Waals surface area contributed by atoms with E-state index in [1.165, 1.54) is 31.2 Å². The minimum atomic E-state index is -0.0560. The molecule has 1 aromatic rings. The highest BCUT2D eigenvalue weighted by atomic mass is 19.1. The van der Waals surface area contributed by atoms with Crippen molar-refractivity contribution in [3.63, 3.8) is 0 Å². The van der Waals surface area contributed by atoms with Crippen molar-refractivity contribution in [1.82, 2.24) is 5.32 Å². The van der Waals surface area contributed by atoms with Crippen molar-refractivity contribution in [2.45, 2.75) is 65.8 Å². The molecule has 1 atom stereocenters. The standard InChI is InChI=1S/C18H28FN/c1-5-10-20-17(18(4)8-6-7-9-18)15-11-13(2)16(19)14(3)12-15/h11-12,17,20H,5-10H2,1-4H3. The summed E-state index contributed by atoms with van der Waals surface area (Å²) < 4.78 is 13.9. The summed E-state index contributed by atoms with van der Waals surface area (Å²) >= 11 is 0. The van der Waals surface area contributed by atoms with Gasteiger partial charge in [-0.2, -0.15) is 0 Å². The second-order valence-electron chi connectivity index (χ2n) is 6.72. The lowest BCUT2D eigenvalue weighted by atomic mass is 9.76. The van der Waals surface area contributed by atoms with Crippen LogP contribution in [0.2, 0.25) is 0 Å². The molecule has 2 heteroatoms. The van der Waals surface area contributed by atoms with E-state index in [0.717, 1.165) is 24.1 Å². The Hall–Kier alpha value is -0.890. The van der Waals surface area contributed by atoms with Crippen molar-refractivity contribution in [2.75, 3.05) is 6.54 Å². The number of benzene rings is 1. The van der Waals surface area contributed by atoms with Crippen molar-refractivity contribution >= 4 is 0 Å². The summed E-state index contributed by atoms with van der Waals surface area (Å²) in [6, 6.07) is 4.43. The van der Waals surface area contributed by atoms with E-state index in [4.69, 9.17) is 0 Å². The average Bonchev–Trinajstić information content (AvgIpc) is 2.84. The highest BCUT2D eigenvalue weighted by molar-refractivity contribution is 5.33. The number of rotatable bonds is 5. The van der Waals surface area contributed by atoms with Crippen molar-refractivity contribution in [3.05, 3.63) is 34.6 Å². The van der Waals surface area contributed by atoms with E-state index in [1.807, 2.05) is 26.0 Å². The largest absolute Gasteiger partial charge is 0.309 e. The molecule has 1 aromatic carbocycles. The van der Waals surface area contributed by atoms with Gasteiger partial charge in [-0.1, -0.05) is 38.8 Å². The van der Waals surface area contributed by atoms with E-state index in [9.17, 15) is 4.39 Å². The normalized spacial score (nSPS) is 19.2. The van der Waals surface area contributed by atoms with E-state index in [1.54, 1.807) is 0 Å². The first-order valence-electron chi connectivity index (χ1n) is 7.98. The lowest BCUT2D eigenvalue weighted by molar-refractivity contribution is 0.223. The zero-order valence-corrected chi connectivity index (χ0v) is 13.4. The van der Waals surface area contributed by atoms with Crippen molar-refractivity contribution in [3.8, 4) is 0 Å². The molecule has 112 valence electrons. The molecule has 1 saturated carbocycles. The van der Waals surface area contributed by atoms with Gasteiger partial charge < -0.3 is 5.32 Å². The van der Waals surface area contributed by atoms with Gasteiger partial charge in [-0.05, 0) is 61.8 Å². The molecular formula is C18H28FN. The smallest absolute Gasteiger partial charge is 0.129 e. The van der Waals surface area contributed by atoms with E-state index in [0.29, 0.717) is 11.5 Å². The minimum absolute atomic E-state index is 0.0560. The summed E-state index contributed by atoms with van der Waals surface area (Å²) in [5, 5.41) is 3.72. The van der Waals surface area contributed by atoms with E-state index in [2.05, 4.69) is 19.2 Å². The van der Waals surface area contributed by atoms with E-state index in [-0.39, 0.29) is 5.82 Å². The fourth-order valence-electron chi connectivity index (χ4n) is 3.67. The summed E-state index contributed by atoms with van der Waals surface area (Å²) in [6.45, 7) is 9.36. The summed E-state index contributed by atoms with van der Waals surface area (Å²) in [4.78, 5) is 0. The van der Waals surface area contributed by atoms with Gasteiger partial charge >= 0.3 is 0 Å². The zero-order valence-electron chi connectivity index (χ0n) is 13.4. The van der Waals surface area contributed by atoms with Gasteiger partial charge in [-0.15, -0.1) is 0 Å². The van der Waals surface area contributed by atoms with Crippen LogP contribution in [0, 0.1) is 25.1 Å². The van der Waals surface area contributed by atoms with Crippen LogP contribution < -0.4 is 5.32 Å². The number of hydrogen-bond donors (Lipinski definition) is 1. The first kappa shape index (κ1) is 15.5. The Labute approximate surface area is 123 Å². The van der Waals surface area contributed by atoms with Gasteiger partial charge in [0.15, 0.2) is 0 Å². The fourth-order valence-corrected chi connectivity index (χ4v) is 3.67. The van der Waals surface area contributed by atoms with Crippen LogP contribution in [0.4, 0.5) is 4.39 Å². The Morgan fingerprint density at radius 3 is 2.25 bits per heavy atom. The molecule has 2 rings (SSSR count). The molecule has 0 aromatic heterocycles. The Kier molecular flexibility index (Phi) is 4.85. The molecule has 0 radical (unpaired) electrons. The van der Waals surface area contributed by atoms with Gasteiger partial charge in [0.25, 0.3) is 0 Å². The van der Waals surface area contributed by atoms with Gasteiger partial charge in [-0.25, -0.2) is 4.39 Å². The quantitative estimate of drug-likeness (QED) is 0.793. The van der Waals surface area contributed by atoms with Crippen LogP contribution in [0.1, 0.15) is 68.7 Å². The predicted octanol–water partition coefficient (Wildman–Crippen LogP) is 5.06. The molecule has 0 bridgehead atoms. The Morgan fingerprint density at radius 1 is 1.20 bits per heavy atom. The molecule has 0 aliphatic heterocycles. The Bertz CT molecular complexity index is 437. The van der Waals surface area contributed by atoms with Gasteiger partial charge in [0.2, 0.25) is 0 Å². The summed E-state index contributed by atoms with van der Waals surface area (Å²) in [5.74, 6) is -0.0560. The van der Waals surface area contributed by atoms with Gasteiger partial charge in [-0.3, -0.25) is 0 Å².